The number of unbranched alkanes of at least 4 members (excludes halogenated alkanes) is 38. The summed E-state index contributed by atoms with van der Waals surface area (Å²) in [6, 6.07) is 0. The fourth-order valence-electron chi connectivity index (χ4n) is 10.3. The van der Waals surface area contributed by atoms with Crippen LogP contribution in [0.15, 0.2) is 24.3 Å². The highest BCUT2D eigenvalue weighted by Gasteiger charge is 2.30. The molecule has 19 heteroatoms. The Morgan fingerprint density at radius 2 is 0.600 bits per heavy atom. The molecule has 0 radical (unpaired) electrons. The molecule has 0 spiro atoms. The first-order valence-corrected chi connectivity index (χ1v) is 39.4. The Hall–Kier alpha value is -2.46. The van der Waals surface area contributed by atoms with Crippen molar-refractivity contribution in [2.45, 2.75) is 361 Å². The van der Waals surface area contributed by atoms with Crippen LogP contribution in [-0.2, 0) is 65.4 Å². The molecule has 0 aromatic rings. The van der Waals surface area contributed by atoms with Gasteiger partial charge in [0, 0.05) is 25.7 Å². The van der Waals surface area contributed by atoms with Crippen LogP contribution >= 0.6 is 15.6 Å². The SMILES string of the molecule is CCCCCC/C=C\C=C/CCCCCCCC(=O)OC[C@H](COP(=O)(O)OC[C@@H](O)COP(=O)(O)OC[C@@H](COC(=O)CCCCCCCCCC)OC(=O)CCCCCCCCCCC(C)C)OC(=O)CCCCCCCCCCCCCCCCCC. The predicted molar refractivity (Wildman–Crippen MR) is 363 cm³/mol. The maximum absolute atomic E-state index is 13.0. The molecule has 3 N–H and O–H groups in total. The van der Waals surface area contributed by atoms with Gasteiger partial charge in [-0.1, -0.05) is 290 Å². The predicted octanol–water partition coefficient (Wildman–Crippen LogP) is 20.1. The zero-order valence-electron chi connectivity index (χ0n) is 57.8. The molecule has 0 fully saturated rings. The number of hydrogen-bond donors (Lipinski definition) is 3. The fraction of sp³-hybridized carbons (Fsp3) is 0.887. The summed E-state index contributed by atoms with van der Waals surface area (Å²) in [7, 11) is -9.91. The minimum atomic E-state index is -4.96. The number of aliphatic hydroxyl groups is 1. The van der Waals surface area contributed by atoms with Gasteiger partial charge in [-0.25, -0.2) is 9.13 Å². The van der Waals surface area contributed by atoms with Crippen LogP contribution in [0.25, 0.3) is 0 Å². The lowest BCUT2D eigenvalue weighted by atomic mass is 10.0. The number of allylic oxidation sites excluding steroid dienone is 4. The summed E-state index contributed by atoms with van der Waals surface area (Å²) in [6.07, 6.45) is 53.6. The quantitative estimate of drug-likeness (QED) is 0.0169. The van der Waals surface area contributed by atoms with Gasteiger partial charge in [0.1, 0.15) is 19.3 Å². The van der Waals surface area contributed by atoms with E-state index in [1.54, 1.807) is 0 Å². The summed E-state index contributed by atoms with van der Waals surface area (Å²) in [5.41, 5.74) is 0. The van der Waals surface area contributed by atoms with Gasteiger partial charge in [-0.05, 0) is 57.3 Å². The lowest BCUT2D eigenvalue weighted by Gasteiger charge is -2.21. The van der Waals surface area contributed by atoms with E-state index in [1.807, 2.05) is 0 Å². The number of rotatable bonds is 69. The topological polar surface area (TPSA) is 237 Å². The van der Waals surface area contributed by atoms with Crippen molar-refractivity contribution in [1.82, 2.24) is 0 Å². The summed E-state index contributed by atoms with van der Waals surface area (Å²) < 4.78 is 68.2. The lowest BCUT2D eigenvalue weighted by Crippen LogP contribution is -2.30. The molecule has 5 atom stereocenters. The molecule has 0 saturated carbocycles. The van der Waals surface area contributed by atoms with Crippen LogP contribution in [0.5, 0.6) is 0 Å². The van der Waals surface area contributed by atoms with Crippen LogP contribution in [0, 0.1) is 5.92 Å². The number of ether oxygens (including phenoxy) is 4. The first-order chi connectivity index (χ1) is 43.5. The second-order valence-electron chi connectivity index (χ2n) is 25.4. The highest BCUT2D eigenvalue weighted by molar-refractivity contribution is 7.47. The van der Waals surface area contributed by atoms with E-state index in [2.05, 4.69) is 58.9 Å². The maximum atomic E-state index is 13.0. The third kappa shape index (κ3) is 64.3. The van der Waals surface area contributed by atoms with Crippen molar-refractivity contribution in [1.29, 1.82) is 0 Å². The third-order valence-corrected chi connectivity index (χ3v) is 17.8. The molecule has 530 valence electrons. The molecule has 17 nitrogen and oxygen atoms in total. The van der Waals surface area contributed by atoms with Gasteiger partial charge in [0.15, 0.2) is 12.2 Å². The summed E-state index contributed by atoms with van der Waals surface area (Å²) in [6.45, 7) is 7.12. The average molecular weight is 1320 g/mol. The number of esters is 4. The summed E-state index contributed by atoms with van der Waals surface area (Å²) in [5.74, 6) is -1.44. The van der Waals surface area contributed by atoms with E-state index < -0.39 is 97.5 Å². The maximum Gasteiger partial charge on any atom is 0.472 e. The van der Waals surface area contributed by atoms with Gasteiger partial charge in [-0.15, -0.1) is 0 Å². The summed E-state index contributed by atoms with van der Waals surface area (Å²) in [4.78, 5) is 72.5. The Morgan fingerprint density at radius 1 is 0.344 bits per heavy atom. The van der Waals surface area contributed by atoms with Gasteiger partial charge in [0.2, 0.25) is 0 Å². The van der Waals surface area contributed by atoms with E-state index in [9.17, 15) is 43.2 Å². The minimum Gasteiger partial charge on any atom is -0.462 e. The molecule has 90 heavy (non-hydrogen) atoms. The van der Waals surface area contributed by atoms with Crippen molar-refractivity contribution in [2.24, 2.45) is 5.92 Å². The van der Waals surface area contributed by atoms with Gasteiger partial charge >= 0.3 is 39.5 Å². The van der Waals surface area contributed by atoms with E-state index in [0.717, 1.165) is 121 Å². The molecule has 0 bridgehead atoms. The Kier molecular flexibility index (Phi) is 62.2. The number of phosphoric ester groups is 2. The molecule has 0 amide bonds. The van der Waals surface area contributed by atoms with Crippen molar-refractivity contribution in [3.63, 3.8) is 0 Å². The molecule has 2 unspecified atom stereocenters. The minimum absolute atomic E-state index is 0.101. The second-order valence-corrected chi connectivity index (χ2v) is 28.3. The molecule has 0 aliphatic carbocycles. The van der Waals surface area contributed by atoms with Gasteiger partial charge in [-0.3, -0.25) is 37.3 Å². The molecule has 0 aromatic carbocycles. The van der Waals surface area contributed by atoms with Crippen LogP contribution in [-0.4, -0.2) is 96.7 Å². The highest BCUT2D eigenvalue weighted by atomic mass is 31.2. The Labute approximate surface area is 548 Å². The Balaban J connectivity index is 5.26. The standard InChI is InChI=1S/C71H134O17P2/c1-6-9-12-15-18-21-23-25-27-29-31-33-35-41-46-51-56-70(75)87-67(61-82-69(74)55-50-45-40-34-32-30-28-26-24-22-19-16-13-10-7-2)63-86-90(79,80)84-59-65(72)58-83-89(77,78)85-62-66(60-81-68(73)54-49-44-39-20-17-14-11-8-3)88-71(76)57-52-47-42-37-36-38-43-48-53-64(4)5/h22,24,26,28,64-67,72H,6-21,23,25,27,29-63H2,1-5H3,(H,77,78)(H,79,80)/b24-22-,28-26-/t65-,66+,67+/m0/s1. The van der Waals surface area contributed by atoms with Gasteiger partial charge < -0.3 is 33.8 Å². The first kappa shape index (κ1) is 87.5. The first-order valence-electron chi connectivity index (χ1n) is 36.5. The van der Waals surface area contributed by atoms with E-state index in [4.69, 9.17) is 37.0 Å². The Bertz CT molecular complexity index is 1830. The number of phosphoric acid groups is 2. The summed E-state index contributed by atoms with van der Waals surface area (Å²) in [5, 5.41) is 10.6. The van der Waals surface area contributed by atoms with Crippen LogP contribution in [0.4, 0.5) is 0 Å². The fourth-order valence-corrected chi connectivity index (χ4v) is 11.9. The smallest absolute Gasteiger partial charge is 0.462 e. The molecular formula is C71H134O17P2. The zero-order valence-corrected chi connectivity index (χ0v) is 59.5. The van der Waals surface area contributed by atoms with Crippen LogP contribution in [0.1, 0.15) is 343 Å². The second kappa shape index (κ2) is 63.9. The largest absolute Gasteiger partial charge is 0.472 e. The van der Waals surface area contributed by atoms with Crippen molar-refractivity contribution >= 4 is 39.5 Å². The molecule has 0 aromatic heterocycles. The van der Waals surface area contributed by atoms with E-state index in [0.29, 0.717) is 25.7 Å². The van der Waals surface area contributed by atoms with Crippen LogP contribution in [0.2, 0.25) is 0 Å². The van der Waals surface area contributed by atoms with Crippen LogP contribution < -0.4 is 0 Å². The molecule has 0 saturated heterocycles. The van der Waals surface area contributed by atoms with E-state index in [1.165, 1.54) is 141 Å². The van der Waals surface area contributed by atoms with Gasteiger partial charge in [0.05, 0.1) is 26.4 Å². The molecule has 0 heterocycles. The van der Waals surface area contributed by atoms with Crippen molar-refractivity contribution in [2.75, 3.05) is 39.6 Å². The molecule has 0 aliphatic heterocycles. The number of carbonyl (C=O) groups is 4. The number of carbonyl (C=O) groups excluding carboxylic acids is 4. The molecule has 0 aliphatic rings. The zero-order chi connectivity index (χ0) is 66.3. The lowest BCUT2D eigenvalue weighted by molar-refractivity contribution is -0.161. The molecule has 0 rings (SSSR count). The monoisotopic (exact) mass is 1320 g/mol. The number of aliphatic hydroxyl groups excluding tert-OH is 1. The normalized spacial score (nSPS) is 14.2. The van der Waals surface area contributed by atoms with Crippen molar-refractivity contribution in [3.05, 3.63) is 24.3 Å². The van der Waals surface area contributed by atoms with Crippen molar-refractivity contribution < 1.29 is 80.2 Å². The van der Waals surface area contributed by atoms with Gasteiger partial charge in [0.25, 0.3) is 0 Å². The number of hydrogen-bond acceptors (Lipinski definition) is 15. The van der Waals surface area contributed by atoms with Crippen LogP contribution in [0.3, 0.4) is 0 Å². The summed E-state index contributed by atoms with van der Waals surface area (Å²) >= 11 is 0. The Morgan fingerprint density at radius 3 is 0.911 bits per heavy atom. The highest BCUT2D eigenvalue weighted by Crippen LogP contribution is 2.45. The third-order valence-electron chi connectivity index (χ3n) is 15.9. The average Bonchev–Trinajstić information content (AvgIpc) is 3.68. The van der Waals surface area contributed by atoms with Crippen molar-refractivity contribution in [3.8, 4) is 0 Å². The van der Waals surface area contributed by atoms with Gasteiger partial charge in [-0.2, -0.15) is 0 Å². The molecular weight excluding hydrogens is 1190 g/mol. The van der Waals surface area contributed by atoms with E-state index in [-0.39, 0.29) is 25.7 Å². The van der Waals surface area contributed by atoms with E-state index >= 15 is 0 Å².